The predicted molar refractivity (Wildman–Crippen MR) is 158 cm³/mol. The van der Waals surface area contributed by atoms with Gasteiger partial charge in [0.05, 0.1) is 21.0 Å². The SMILES string of the molecule is Cn1nnnc1-c1cccc(CC2(C(=O)N[C@@H](Cc3ccc(NC(=O)c4c(Cl)cccc4Cl)cc3)C(=O)O)CCC2)c1. The number of nitrogens with zero attached hydrogens (tertiary/aromatic N) is 4. The minimum atomic E-state index is -1.12. The number of benzene rings is 3. The minimum absolute atomic E-state index is 0.0797. The Hall–Kier alpha value is -4.28. The number of aliphatic carboxylic acids is 1. The van der Waals surface area contributed by atoms with Crippen LogP contribution < -0.4 is 10.6 Å². The van der Waals surface area contributed by atoms with Gasteiger partial charge in [0.2, 0.25) is 5.91 Å². The molecule has 10 nitrogen and oxygen atoms in total. The molecule has 1 aliphatic rings. The number of hydrogen-bond acceptors (Lipinski definition) is 6. The molecule has 0 aliphatic heterocycles. The number of aryl methyl sites for hydroxylation is 1. The quantitative estimate of drug-likeness (QED) is 0.232. The van der Waals surface area contributed by atoms with E-state index in [0.29, 0.717) is 36.3 Å². The fourth-order valence-electron chi connectivity index (χ4n) is 5.15. The summed E-state index contributed by atoms with van der Waals surface area (Å²) < 4.78 is 1.58. The summed E-state index contributed by atoms with van der Waals surface area (Å²) in [6.45, 7) is 0. The zero-order valence-electron chi connectivity index (χ0n) is 22.7. The van der Waals surface area contributed by atoms with Crippen LogP contribution in [0.3, 0.4) is 0 Å². The molecule has 216 valence electrons. The van der Waals surface area contributed by atoms with Gasteiger partial charge >= 0.3 is 5.97 Å². The predicted octanol–water partition coefficient (Wildman–Crippen LogP) is 4.96. The lowest BCUT2D eigenvalue weighted by Gasteiger charge is -2.41. The fourth-order valence-corrected chi connectivity index (χ4v) is 5.72. The van der Waals surface area contributed by atoms with Crippen LogP contribution in [0.15, 0.2) is 66.7 Å². The molecule has 42 heavy (non-hydrogen) atoms. The average molecular weight is 607 g/mol. The Kier molecular flexibility index (Phi) is 8.56. The molecule has 1 heterocycles. The molecule has 3 N–H and O–H groups in total. The molecule has 1 saturated carbocycles. The fraction of sp³-hybridized carbons (Fsp3) is 0.267. The number of aromatic nitrogens is 4. The summed E-state index contributed by atoms with van der Waals surface area (Å²) >= 11 is 12.3. The Balaban J connectivity index is 1.24. The summed E-state index contributed by atoms with van der Waals surface area (Å²) in [4.78, 5) is 38.3. The third-order valence-corrected chi connectivity index (χ3v) is 8.21. The van der Waals surface area contributed by atoms with Gasteiger partial charge in [-0.15, -0.1) is 5.10 Å². The molecule has 2 amide bonds. The van der Waals surface area contributed by atoms with E-state index < -0.39 is 23.3 Å². The van der Waals surface area contributed by atoms with Crippen molar-refractivity contribution in [2.75, 3.05) is 5.32 Å². The molecule has 12 heteroatoms. The first-order chi connectivity index (χ1) is 20.1. The molecule has 0 saturated heterocycles. The number of anilines is 1. The van der Waals surface area contributed by atoms with Crippen LogP contribution in [0.2, 0.25) is 10.0 Å². The van der Waals surface area contributed by atoms with E-state index in [-0.39, 0.29) is 27.9 Å². The van der Waals surface area contributed by atoms with Crippen molar-refractivity contribution in [2.45, 2.75) is 38.1 Å². The van der Waals surface area contributed by atoms with Crippen LogP contribution in [0.25, 0.3) is 11.4 Å². The van der Waals surface area contributed by atoms with Crippen LogP contribution in [0.1, 0.15) is 40.7 Å². The topological polar surface area (TPSA) is 139 Å². The van der Waals surface area contributed by atoms with Crippen LogP contribution >= 0.6 is 23.2 Å². The lowest BCUT2D eigenvalue weighted by molar-refractivity contribution is -0.145. The lowest BCUT2D eigenvalue weighted by atomic mass is 9.64. The molecule has 0 unspecified atom stereocenters. The summed E-state index contributed by atoms with van der Waals surface area (Å²) in [5.74, 6) is -1.24. The highest BCUT2D eigenvalue weighted by Crippen LogP contribution is 2.44. The monoisotopic (exact) mass is 606 g/mol. The minimum Gasteiger partial charge on any atom is -0.480 e. The Morgan fingerprint density at radius 1 is 1.00 bits per heavy atom. The van der Waals surface area contributed by atoms with E-state index in [9.17, 15) is 19.5 Å². The summed E-state index contributed by atoms with van der Waals surface area (Å²) in [5.41, 5.74) is 2.45. The second-order valence-electron chi connectivity index (χ2n) is 10.5. The van der Waals surface area contributed by atoms with Gasteiger partial charge in [-0.1, -0.05) is 66.0 Å². The summed E-state index contributed by atoms with van der Waals surface area (Å²) in [6, 6.07) is 18.1. The van der Waals surface area contributed by atoms with Crippen molar-refractivity contribution < 1.29 is 19.5 Å². The standard InChI is InChI=1S/C30H28Cl2N6O4/c1-38-26(35-36-37-38)20-6-2-5-19(15-20)17-30(13-4-14-30)29(42)34-24(28(40)41)16-18-9-11-21(12-10-18)33-27(39)25-22(31)7-3-8-23(25)32/h2-3,5-12,15,24H,4,13-14,16-17H2,1H3,(H,33,39)(H,34,42)(H,40,41)/t24-/m0/s1. The Bertz CT molecular complexity index is 1610. The average Bonchev–Trinajstić information content (AvgIpc) is 3.37. The first kappa shape index (κ1) is 29.2. The molecule has 3 aromatic carbocycles. The van der Waals surface area contributed by atoms with Crippen molar-refractivity contribution >= 4 is 46.7 Å². The first-order valence-corrected chi connectivity index (χ1v) is 14.1. The van der Waals surface area contributed by atoms with Crippen molar-refractivity contribution in [2.24, 2.45) is 12.5 Å². The first-order valence-electron chi connectivity index (χ1n) is 13.3. The highest BCUT2D eigenvalue weighted by atomic mass is 35.5. The number of nitrogens with one attached hydrogen (secondary N) is 2. The van der Waals surface area contributed by atoms with Gasteiger partial charge in [-0.2, -0.15) is 0 Å². The van der Waals surface area contributed by atoms with Gasteiger partial charge in [0.15, 0.2) is 5.82 Å². The number of carbonyl (C=O) groups excluding carboxylic acids is 2. The van der Waals surface area contributed by atoms with Crippen LogP contribution in [-0.4, -0.2) is 49.1 Å². The number of halogens is 2. The normalized spacial score (nSPS) is 14.5. The van der Waals surface area contributed by atoms with Crippen molar-refractivity contribution in [3.8, 4) is 11.4 Å². The second-order valence-corrected chi connectivity index (χ2v) is 11.3. The smallest absolute Gasteiger partial charge is 0.326 e. The molecule has 4 aromatic rings. The number of tetrazole rings is 1. The molecule has 5 rings (SSSR count). The Morgan fingerprint density at radius 3 is 2.29 bits per heavy atom. The maximum atomic E-state index is 13.5. The highest BCUT2D eigenvalue weighted by Gasteiger charge is 2.45. The maximum Gasteiger partial charge on any atom is 0.326 e. The van der Waals surface area contributed by atoms with Gasteiger partial charge in [0, 0.05) is 24.7 Å². The number of rotatable bonds is 10. The largest absolute Gasteiger partial charge is 0.480 e. The van der Waals surface area contributed by atoms with E-state index in [4.69, 9.17) is 23.2 Å². The van der Waals surface area contributed by atoms with E-state index in [0.717, 1.165) is 17.5 Å². The Labute approximate surface area is 252 Å². The van der Waals surface area contributed by atoms with E-state index in [1.54, 1.807) is 54.2 Å². The second kappa shape index (κ2) is 12.3. The third-order valence-electron chi connectivity index (χ3n) is 7.59. The molecule has 1 atom stereocenters. The molecule has 0 spiro atoms. The van der Waals surface area contributed by atoms with E-state index in [2.05, 4.69) is 26.2 Å². The molecule has 0 bridgehead atoms. The molecule has 1 aliphatic carbocycles. The van der Waals surface area contributed by atoms with E-state index >= 15 is 0 Å². The van der Waals surface area contributed by atoms with Gasteiger partial charge in [-0.25, -0.2) is 9.48 Å². The van der Waals surface area contributed by atoms with E-state index in [1.165, 1.54) is 0 Å². The molecule has 0 radical (unpaired) electrons. The van der Waals surface area contributed by atoms with Crippen molar-refractivity contribution in [3.05, 3.63) is 93.5 Å². The zero-order chi connectivity index (χ0) is 29.9. The zero-order valence-corrected chi connectivity index (χ0v) is 24.2. The number of carboxylic acids is 1. The lowest BCUT2D eigenvalue weighted by Crippen LogP contribution is -2.53. The van der Waals surface area contributed by atoms with Gasteiger partial charge in [-0.3, -0.25) is 9.59 Å². The van der Waals surface area contributed by atoms with Crippen molar-refractivity contribution in [3.63, 3.8) is 0 Å². The molecular formula is C30H28Cl2N6O4. The van der Waals surface area contributed by atoms with Gasteiger partial charge in [-0.05, 0) is 71.1 Å². The molecular weight excluding hydrogens is 579 g/mol. The summed E-state index contributed by atoms with van der Waals surface area (Å²) in [5, 5.41) is 27.6. The summed E-state index contributed by atoms with van der Waals surface area (Å²) in [7, 11) is 1.76. The van der Waals surface area contributed by atoms with Crippen LogP contribution in [-0.2, 0) is 29.5 Å². The van der Waals surface area contributed by atoms with Crippen molar-refractivity contribution in [1.29, 1.82) is 0 Å². The van der Waals surface area contributed by atoms with Crippen LogP contribution in [0.4, 0.5) is 5.69 Å². The number of carboxylic acid groups (broad SMARTS) is 1. The number of carbonyl (C=O) groups is 3. The van der Waals surface area contributed by atoms with Gasteiger partial charge < -0.3 is 15.7 Å². The number of hydrogen-bond donors (Lipinski definition) is 3. The van der Waals surface area contributed by atoms with Gasteiger partial charge in [0.1, 0.15) is 6.04 Å². The number of amides is 2. The van der Waals surface area contributed by atoms with Gasteiger partial charge in [0.25, 0.3) is 5.91 Å². The summed E-state index contributed by atoms with van der Waals surface area (Å²) in [6.07, 6.45) is 2.80. The van der Waals surface area contributed by atoms with Crippen LogP contribution in [0.5, 0.6) is 0 Å². The maximum absolute atomic E-state index is 13.5. The Morgan fingerprint density at radius 2 is 1.69 bits per heavy atom. The third kappa shape index (κ3) is 6.29. The highest BCUT2D eigenvalue weighted by molar-refractivity contribution is 6.40. The van der Waals surface area contributed by atoms with Crippen LogP contribution in [0, 0.1) is 5.41 Å². The molecule has 1 fully saturated rings. The van der Waals surface area contributed by atoms with E-state index in [1.807, 2.05) is 24.3 Å². The van der Waals surface area contributed by atoms with Crippen molar-refractivity contribution in [1.82, 2.24) is 25.5 Å². The molecule has 1 aromatic heterocycles.